The van der Waals surface area contributed by atoms with Gasteiger partial charge < -0.3 is 4.65 Å². The normalized spacial score (nSPS) is 13.7. The summed E-state index contributed by atoms with van der Waals surface area (Å²) in [7, 11) is 1.25. The molecule has 6 nitrogen and oxygen atoms in total. The third-order valence-electron chi connectivity index (χ3n) is 2.51. The van der Waals surface area contributed by atoms with E-state index in [4.69, 9.17) is 4.84 Å². The SMILES string of the molecule is BOC(=O)CCON1C(=O)c2ccccc2C1=O. The molecule has 0 saturated carbocycles. The molecule has 0 aromatic heterocycles. The first kappa shape index (κ1) is 12.3. The van der Waals surface area contributed by atoms with Crippen LogP contribution in [-0.4, -0.2) is 37.5 Å². The number of hydrogen-bond donors (Lipinski definition) is 0. The molecular weight excluding hydrogens is 237 g/mol. The maximum absolute atomic E-state index is 11.8. The van der Waals surface area contributed by atoms with Crippen molar-refractivity contribution in [3.63, 3.8) is 0 Å². The summed E-state index contributed by atoms with van der Waals surface area (Å²) in [6.45, 7) is -0.0852. The molecule has 1 heterocycles. The van der Waals surface area contributed by atoms with E-state index in [1.54, 1.807) is 24.3 Å². The van der Waals surface area contributed by atoms with Gasteiger partial charge in [0.2, 0.25) is 0 Å². The van der Waals surface area contributed by atoms with Crippen molar-refractivity contribution in [2.45, 2.75) is 6.42 Å². The fourth-order valence-electron chi connectivity index (χ4n) is 1.61. The predicted molar refractivity (Wildman–Crippen MR) is 62.1 cm³/mol. The standard InChI is InChI=1S/C11H10BNO5/c12-18-9(14)5-6-17-13-10(15)7-3-1-2-4-8(7)11(13)16/h1-4H,5-6,12H2. The first-order valence-corrected chi connectivity index (χ1v) is 5.32. The Morgan fingerprint density at radius 2 is 1.72 bits per heavy atom. The van der Waals surface area contributed by atoms with Gasteiger partial charge in [0.1, 0.15) is 0 Å². The maximum atomic E-state index is 11.8. The average Bonchev–Trinajstić information content (AvgIpc) is 2.64. The number of carbonyl (C=O) groups is 3. The fraction of sp³-hybridized carbons (Fsp3) is 0.182. The van der Waals surface area contributed by atoms with Gasteiger partial charge in [-0.05, 0) is 12.1 Å². The Morgan fingerprint density at radius 1 is 1.17 bits per heavy atom. The van der Waals surface area contributed by atoms with Crippen LogP contribution < -0.4 is 0 Å². The van der Waals surface area contributed by atoms with Gasteiger partial charge in [-0.25, -0.2) is 0 Å². The van der Waals surface area contributed by atoms with Crippen LogP contribution in [0.3, 0.4) is 0 Å². The number of imide groups is 1. The first-order chi connectivity index (χ1) is 8.65. The quantitative estimate of drug-likeness (QED) is 0.539. The van der Waals surface area contributed by atoms with Gasteiger partial charge in [-0.1, -0.05) is 12.1 Å². The van der Waals surface area contributed by atoms with E-state index in [1.807, 2.05) is 0 Å². The molecule has 0 fully saturated rings. The van der Waals surface area contributed by atoms with E-state index in [0.29, 0.717) is 16.2 Å². The van der Waals surface area contributed by atoms with Crippen LogP contribution in [0, 0.1) is 0 Å². The zero-order valence-electron chi connectivity index (χ0n) is 9.71. The molecule has 0 spiro atoms. The number of benzene rings is 1. The Bertz CT molecular complexity index is 481. The number of fused-ring (bicyclic) bond motifs is 1. The van der Waals surface area contributed by atoms with Crippen molar-refractivity contribution < 1.29 is 23.9 Å². The van der Waals surface area contributed by atoms with Crippen molar-refractivity contribution in [2.24, 2.45) is 0 Å². The molecule has 92 valence electrons. The number of nitrogens with zero attached hydrogens (tertiary/aromatic N) is 1. The third kappa shape index (κ3) is 2.12. The van der Waals surface area contributed by atoms with E-state index in [0.717, 1.165) is 0 Å². The highest BCUT2D eigenvalue weighted by Gasteiger charge is 2.36. The van der Waals surface area contributed by atoms with E-state index >= 15 is 0 Å². The van der Waals surface area contributed by atoms with Gasteiger partial charge >= 0.3 is 8.05 Å². The second-order valence-electron chi connectivity index (χ2n) is 3.61. The summed E-state index contributed by atoms with van der Waals surface area (Å²) in [4.78, 5) is 39.5. The number of carbonyl (C=O) groups excluding carboxylic acids is 3. The lowest BCUT2D eigenvalue weighted by Gasteiger charge is -2.12. The molecule has 0 bridgehead atoms. The third-order valence-corrected chi connectivity index (χ3v) is 2.51. The lowest BCUT2D eigenvalue weighted by atomic mass is 10.1. The molecule has 1 aromatic rings. The van der Waals surface area contributed by atoms with E-state index in [9.17, 15) is 14.4 Å². The summed E-state index contributed by atoms with van der Waals surface area (Å²) in [6, 6.07) is 6.45. The Labute approximate surface area is 104 Å². The van der Waals surface area contributed by atoms with Crippen LogP contribution in [0.4, 0.5) is 0 Å². The topological polar surface area (TPSA) is 72.9 Å². The molecule has 1 aliphatic heterocycles. The zero-order valence-corrected chi connectivity index (χ0v) is 9.71. The Balaban J connectivity index is 2.03. The summed E-state index contributed by atoms with van der Waals surface area (Å²) in [5.74, 6) is -1.49. The van der Waals surface area contributed by atoms with Gasteiger partial charge in [0, 0.05) is 0 Å². The number of hydrogen-bond acceptors (Lipinski definition) is 5. The van der Waals surface area contributed by atoms with Crippen LogP contribution >= 0.6 is 0 Å². The number of hydroxylamine groups is 2. The first-order valence-electron chi connectivity index (χ1n) is 5.32. The average molecular weight is 247 g/mol. The largest absolute Gasteiger partial charge is 0.543 e. The Morgan fingerprint density at radius 3 is 2.22 bits per heavy atom. The smallest absolute Gasteiger partial charge is 0.325 e. The zero-order chi connectivity index (χ0) is 13.1. The van der Waals surface area contributed by atoms with Crippen LogP contribution in [-0.2, 0) is 14.3 Å². The summed E-state index contributed by atoms with van der Waals surface area (Å²) >= 11 is 0. The molecule has 0 N–H and O–H groups in total. The Kier molecular flexibility index (Phi) is 3.43. The summed E-state index contributed by atoms with van der Waals surface area (Å²) in [5, 5.41) is 0.674. The highest BCUT2D eigenvalue weighted by molar-refractivity contribution is 6.20. The van der Waals surface area contributed by atoms with Crippen molar-refractivity contribution in [1.29, 1.82) is 0 Å². The molecule has 2 amide bonds. The van der Waals surface area contributed by atoms with E-state index < -0.39 is 17.8 Å². The minimum Gasteiger partial charge on any atom is -0.543 e. The second kappa shape index (κ2) is 5.01. The van der Waals surface area contributed by atoms with Gasteiger partial charge in [0.05, 0.1) is 24.2 Å². The molecule has 7 heteroatoms. The van der Waals surface area contributed by atoms with E-state index in [-0.39, 0.29) is 13.0 Å². The molecule has 18 heavy (non-hydrogen) atoms. The molecule has 1 aliphatic rings. The van der Waals surface area contributed by atoms with Crippen molar-refractivity contribution in [3.05, 3.63) is 35.4 Å². The van der Waals surface area contributed by atoms with Crippen molar-refractivity contribution >= 4 is 25.8 Å². The van der Waals surface area contributed by atoms with E-state index in [2.05, 4.69) is 4.65 Å². The van der Waals surface area contributed by atoms with Crippen LogP contribution in [0.25, 0.3) is 0 Å². The van der Waals surface area contributed by atoms with E-state index in [1.165, 1.54) is 8.05 Å². The van der Waals surface area contributed by atoms with Crippen molar-refractivity contribution in [3.8, 4) is 0 Å². The van der Waals surface area contributed by atoms with Crippen molar-refractivity contribution in [1.82, 2.24) is 5.06 Å². The minimum atomic E-state index is -0.513. The molecule has 0 atom stereocenters. The lowest BCUT2D eigenvalue weighted by Crippen LogP contribution is -2.30. The molecule has 0 aliphatic carbocycles. The maximum Gasteiger partial charge on any atom is 0.325 e. The highest BCUT2D eigenvalue weighted by Crippen LogP contribution is 2.22. The monoisotopic (exact) mass is 247 g/mol. The fourth-order valence-corrected chi connectivity index (χ4v) is 1.61. The van der Waals surface area contributed by atoms with Crippen LogP contribution in [0.5, 0.6) is 0 Å². The molecule has 2 rings (SSSR count). The summed E-state index contributed by atoms with van der Waals surface area (Å²) in [5.41, 5.74) is 0.612. The molecule has 0 unspecified atom stereocenters. The van der Waals surface area contributed by atoms with Crippen LogP contribution in [0.15, 0.2) is 24.3 Å². The lowest BCUT2D eigenvalue weighted by molar-refractivity contribution is -0.140. The molecule has 0 saturated heterocycles. The minimum absolute atomic E-state index is 0.0239. The van der Waals surface area contributed by atoms with Gasteiger partial charge in [-0.15, -0.1) is 5.06 Å². The second-order valence-corrected chi connectivity index (χ2v) is 3.61. The Hall–Kier alpha value is -2.15. The van der Waals surface area contributed by atoms with Crippen molar-refractivity contribution in [2.75, 3.05) is 6.61 Å². The molecule has 1 aromatic carbocycles. The highest BCUT2D eigenvalue weighted by atomic mass is 16.7. The summed E-state index contributed by atoms with van der Waals surface area (Å²) < 4.78 is 4.42. The van der Waals surface area contributed by atoms with Crippen LogP contribution in [0.1, 0.15) is 27.1 Å². The molecule has 0 radical (unpaired) electrons. The van der Waals surface area contributed by atoms with Gasteiger partial charge in [0.15, 0.2) is 0 Å². The van der Waals surface area contributed by atoms with Gasteiger partial charge in [-0.2, -0.15) is 0 Å². The van der Waals surface area contributed by atoms with Crippen LogP contribution in [0.2, 0.25) is 0 Å². The summed E-state index contributed by atoms with van der Waals surface area (Å²) in [6.07, 6.45) is -0.0239. The van der Waals surface area contributed by atoms with Gasteiger partial charge in [-0.3, -0.25) is 19.2 Å². The molecular formula is C11H10BNO5. The predicted octanol–water partition coefficient (Wildman–Crippen LogP) is -0.304. The van der Waals surface area contributed by atoms with Gasteiger partial charge in [0.25, 0.3) is 17.8 Å². The number of amides is 2. The number of rotatable bonds is 4.